The molecule has 2 rings (SSSR count). The SMILES string of the molecule is Cc1c(C)c(C)c2c(c1C)CC[C@](C)(CCC(O)C(C)(C)Br)O2. The van der Waals surface area contributed by atoms with E-state index in [0.717, 1.165) is 31.4 Å². The van der Waals surface area contributed by atoms with Crippen LogP contribution < -0.4 is 4.74 Å². The third-order valence-electron chi connectivity index (χ3n) is 5.75. The summed E-state index contributed by atoms with van der Waals surface area (Å²) in [5.41, 5.74) is 6.58. The average molecular weight is 383 g/mol. The molecule has 0 aromatic heterocycles. The van der Waals surface area contributed by atoms with Crippen molar-refractivity contribution in [1.82, 2.24) is 0 Å². The van der Waals surface area contributed by atoms with Crippen molar-refractivity contribution in [2.45, 2.75) is 90.2 Å². The van der Waals surface area contributed by atoms with Gasteiger partial charge in [0, 0.05) is 4.32 Å². The smallest absolute Gasteiger partial charge is 0.126 e. The summed E-state index contributed by atoms with van der Waals surface area (Å²) >= 11 is 3.56. The highest BCUT2D eigenvalue weighted by atomic mass is 79.9. The predicted molar refractivity (Wildman–Crippen MR) is 101 cm³/mol. The molecular formula is C20H31BrO2. The second-order valence-corrected chi connectivity index (χ2v) is 10.0. The van der Waals surface area contributed by atoms with Gasteiger partial charge in [0.25, 0.3) is 0 Å². The Kier molecular flexibility index (Phi) is 5.23. The van der Waals surface area contributed by atoms with Crippen LogP contribution in [-0.2, 0) is 6.42 Å². The standard InChI is InChI=1S/C20H31BrO2/c1-12-13(2)15(4)18-16(14(12)3)8-10-20(7,23-18)11-9-17(22)19(5,6)21/h17,22H,8-11H2,1-7H3/t17?,20-/m1/s1. The van der Waals surface area contributed by atoms with Gasteiger partial charge >= 0.3 is 0 Å². The molecule has 0 saturated heterocycles. The van der Waals surface area contributed by atoms with Crippen molar-refractivity contribution in [3.8, 4) is 5.75 Å². The Bertz CT molecular complexity index is 601. The molecule has 1 aromatic carbocycles. The number of aliphatic hydroxyl groups excluding tert-OH is 1. The average Bonchev–Trinajstić information content (AvgIpc) is 2.47. The summed E-state index contributed by atoms with van der Waals surface area (Å²) in [7, 11) is 0. The van der Waals surface area contributed by atoms with Crippen LogP contribution in [0.5, 0.6) is 5.75 Å². The van der Waals surface area contributed by atoms with Crippen LogP contribution in [0, 0.1) is 27.7 Å². The van der Waals surface area contributed by atoms with Crippen LogP contribution in [0.2, 0.25) is 0 Å². The minimum Gasteiger partial charge on any atom is -0.487 e. The Hall–Kier alpha value is -0.540. The minimum absolute atomic E-state index is 0.189. The van der Waals surface area contributed by atoms with Crippen molar-refractivity contribution in [3.05, 3.63) is 27.8 Å². The third-order valence-corrected chi connectivity index (χ3v) is 6.27. The lowest BCUT2D eigenvalue weighted by Gasteiger charge is -2.39. The maximum Gasteiger partial charge on any atom is 0.126 e. The molecule has 1 heterocycles. The fourth-order valence-electron chi connectivity index (χ4n) is 3.44. The minimum atomic E-state index is -0.369. The van der Waals surface area contributed by atoms with Gasteiger partial charge in [-0.3, -0.25) is 0 Å². The van der Waals surface area contributed by atoms with E-state index >= 15 is 0 Å². The number of halogens is 1. The Morgan fingerprint density at radius 1 is 1.13 bits per heavy atom. The van der Waals surface area contributed by atoms with Gasteiger partial charge in [0.15, 0.2) is 0 Å². The zero-order valence-electron chi connectivity index (χ0n) is 15.6. The Balaban J connectivity index is 2.23. The van der Waals surface area contributed by atoms with E-state index in [1.165, 1.54) is 27.8 Å². The second kappa shape index (κ2) is 6.40. The quantitative estimate of drug-likeness (QED) is 0.714. The first kappa shape index (κ1) is 18.8. The van der Waals surface area contributed by atoms with Gasteiger partial charge in [-0.15, -0.1) is 0 Å². The first-order valence-electron chi connectivity index (χ1n) is 8.61. The van der Waals surface area contributed by atoms with Gasteiger partial charge in [-0.2, -0.15) is 0 Å². The van der Waals surface area contributed by atoms with Crippen LogP contribution in [0.25, 0.3) is 0 Å². The van der Waals surface area contributed by atoms with Crippen molar-refractivity contribution in [2.24, 2.45) is 0 Å². The molecule has 1 N–H and O–H groups in total. The maximum atomic E-state index is 10.3. The van der Waals surface area contributed by atoms with Gasteiger partial charge in [-0.1, -0.05) is 15.9 Å². The molecule has 1 unspecified atom stereocenters. The number of alkyl halides is 1. The van der Waals surface area contributed by atoms with Crippen molar-refractivity contribution < 1.29 is 9.84 Å². The molecule has 0 saturated carbocycles. The Labute approximate surface area is 149 Å². The van der Waals surface area contributed by atoms with Gasteiger partial charge in [-0.05, 0) is 102 Å². The van der Waals surface area contributed by atoms with E-state index in [9.17, 15) is 5.11 Å². The zero-order valence-corrected chi connectivity index (χ0v) is 17.2. The van der Waals surface area contributed by atoms with E-state index in [-0.39, 0.29) is 16.0 Å². The summed E-state index contributed by atoms with van der Waals surface area (Å²) in [5.74, 6) is 1.09. The number of ether oxygens (including phenoxy) is 1. The third kappa shape index (κ3) is 3.76. The van der Waals surface area contributed by atoms with E-state index in [2.05, 4.69) is 50.5 Å². The molecule has 2 atom stereocenters. The molecule has 23 heavy (non-hydrogen) atoms. The molecule has 0 radical (unpaired) electrons. The molecule has 1 aliphatic rings. The molecule has 0 aliphatic carbocycles. The lowest BCUT2D eigenvalue weighted by molar-refractivity contribution is 0.0319. The van der Waals surface area contributed by atoms with Crippen molar-refractivity contribution >= 4 is 15.9 Å². The summed E-state index contributed by atoms with van der Waals surface area (Å²) in [6, 6.07) is 0. The van der Waals surface area contributed by atoms with Crippen molar-refractivity contribution in [1.29, 1.82) is 0 Å². The van der Waals surface area contributed by atoms with Crippen LogP contribution in [0.4, 0.5) is 0 Å². The lowest BCUT2D eigenvalue weighted by Crippen LogP contribution is -2.40. The van der Waals surface area contributed by atoms with Gasteiger partial charge < -0.3 is 9.84 Å². The molecule has 0 spiro atoms. The summed E-state index contributed by atoms with van der Waals surface area (Å²) in [6.45, 7) is 15.0. The molecule has 2 nitrogen and oxygen atoms in total. The summed E-state index contributed by atoms with van der Waals surface area (Å²) < 4.78 is 6.25. The summed E-state index contributed by atoms with van der Waals surface area (Å²) in [5, 5.41) is 10.3. The van der Waals surface area contributed by atoms with Crippen molar-refractivity contribution in [3.63, 3.8) is 0 Å². The highest BCUT2D eigenvalue weighted by Gasteiger charge is 2.35. The van der Waals surface area contributed by atoms with E-state index < -0.39 is 0 Å². The molecule has 1 aromatic rings. The molecule has 0 bridgehead atoms. The molecule has 1 aliphatic heterocycles. The first-order chi connectivity index (χ1) is 10.5. The van der Waals surface area contributed by atoms with Gasteiger partial charge in [0.2, 0.25) is 0 Å². The zero-order chi connectivity index (χ0) is 17.6. The summed E-state index contributed by atoms with van der Waals surface area (Å²) in [6.07, 6.45) is 3.32. The van der Waals surface area contributed by atoms with Crippen LogP contribution >= 0.6 is 15.9 Å². The fraction of sp³-hybridized carbons (Fsp3) is 0.700. The number of fused-ring (bicyclic) bond motifs is 1. The molecular weight excluding hydrogens is 352 g/mol. The lowest BCUT2D eigenvalue weighted by atomic mass is 9.83. The highest BCUT2D eigenvalue weighted by molar-refractivity contribution is 9.10. The number of rotatable bonds is 4. The molecule has 0 fully saturated rings. The molecule has 0 amide bonds. The van der Waals surface area contributed by atoms with E-state index in [0.29, 0.717) is 0 Å². The van der Waals surface area contributed by atoms with E-state index in [4.69, 9.17) is 4.74 Å². The van der Waals surface area contributed by atoms with Crippen LogP contribution in [0.3, 0.4) is 0 Å². The number of aliphatic hydroxyl groups is 1. The van der Waals surface area contributed by atoms with Crippen LogP contribution in [0.1, 0.15) is 67.9 Å². The fourth-order valence-corrected chi connectivity index (χ4v) is 3.67. The van der Waals surface area contributed by atoms with E-state index in [1.54, 1.807) is 0 Å². The first-order valence-corrected chi connectivity index (χ1v) is 9.41. The number of hydrogen-bond acceptors (Lipinski definition) is 2. The highest BCUT2D eigenvalue weighted by Crippen LogP contribution is 2.42. The topological polar surface area (TPSA) is 29.5 Å². The number of benzene rings is 1. The molecule has 3 heteroatoms. The maximum absolute atomic E-state index is 10.3. The van der Waals surface area contributed by atoms with Gasteiger partial charge in [0.1, 0.15) is 11.4 Å². The number of hydrogen-bond donors (Lipinski definition) is 1. The monoisotopic (exact) mass is 382 g/mol. The second-order valence-electron chi connectivity index (χ2n) is 7.98. The van der Waals surface area contributed by atoms with Crippen LogP contribution in [0.15, 0.2) is 0 Å². The van der Waals surface area contributed by atoms with E-state index in [1.807, 2.05) is 13.8 Å². The van der Waals surface area contributed by atoms with Crippen molar-refractivity contribution in [2.75, 3.05) is 0 Å². The Morgan fingerprint density at radius 3 is 2.26 bits per heavy atom. The Morgan fingerprint density at radius 2 is 1.70 bits per heavy atom. The molecule has 130 valence electrons. The van der Waals surface area contributed by atoms with Gasteiger partial charge in [0.05, 0.1) is 6.10 Å². The summed E-state index contributed by atoms with van der Waals surface area (Å²) in [4.78, 5) is 0. The normalized spacial score (nSPS) is 22.5. The predicted octanol–water partition coefficient (Wildman–Crippen LogP) is 5.32. The largest absolute Gasteiger partial charge is 0.487 e. The van der Waals surface area contributed by atoms with Crippen LogP contribution in [-0.4, -0.2) is 21.1 Å². The van der Waals surface area contributed by atoms with Gasteiger partial charge in [-0.25, -0.2) is 0 Å².